The summed E-state index contributed by atoms with van der Waals surface area (Å²) in [5, 5.41) is 30.9. The summed E-state index contributed by atoms with van der Waals surface area (Å²) in [7, 11) is 0. The number of halogens is 2. The van der Waals surface area contributed by atoms with E-state index in [0.29, 0.717) is 11.0 Å². The SMILES string of the molecule is Cc1cc(NCCCCCCCCNc2cc(C)nc3cc([N+](=O)[O-])ccc23)c2ccc([N+](=O)[O-])cc2n1.Cl.Cl. The average Bonchev–Trinajstić information content (AvgIpc) is 2.88. The summed E-state index contributed by atoms with van der Waals surface area (Å²) < 4.78 is 0. The first-order valence-electron chi connectivity index (χ1n) is 12.9. The number of rotatable bonds is 13. The highest BCUT2D eigenvalue weighted by molar-refractivity contribution is 5.93. The topological polar surface area (TPSA) is 136 Å². The minimum atomic E-state index is -0.398. The molecular weight excluding hydrogens is 555 g/mol. The predicted octanol–water partition coefficient (Wildman–Crippen LogP) is 7.92. The quantitative estimate of drug-likeness (QED) is 0.0912. The molecule has 4 rings (SSSR count). The molecule has 40 heavy (non-hydrogen) atoms. The first-order valence-corrected chi connectivity index (χ1v) is 12.9. The Bertz CT molecular complexity index is 1370. The highest BCUT2D eigenvalue weighted by Gasteiger charge is 2.11. The van der Waals surface area contributed by atoms with Crippen molar-refractivity contribution in [3.8, 4) is 0 Å². The van der Waals surface area contributed by atoms with Crippen LogP contribution < -0.4 is 10.6 Å². The molecule has 2 aromatic carbocycles. The van der Waals surface area contributed by atoms with Gasteiger partial charge in [-0.05, 0) is 51.0 Å². The first kappa shape index (κ1) is 32.5. The Morgan fingerprint density at radius 1 is 0.625 bits per heavy atom. The maximum atomic E-state index is 11.1. The standard InChI is InChI=1S/C28H32N6O4.2ClH/c1-19-15-25(23-11-9-21(33(35)36)17-27(23)31-19)29-13-7-5-3-4-6-8-14-30-26-16-20(2)32-28-18-22(34(37)38)10-12-24(26)28;;/h9-12,15-18H,3-8,13-14H2,1-2H3,(H,29,31)(H,30,32);2*1H. The fraction of sp³-hybridized carbons (Fsp3) is 0.357. The molecule has 2 heterocycles. The Morgan fingerprint density at radius 3 is 1.38 bits per heavy atom. The van der Waals surface area contributed by atoms with Crippen LogP contribution in [0.2, 0.25) is 0 Å². The highest BCUT2D eigenvalue weighted by atomic mass is 35.5. The van der Waals surface area contributed by atoms with E-state index in [1.807, 2.05) is 26.0 Å². The van der Waals surface area contributed by atoms with Crippen molar-refractivity contribution >= 4 is 69.4 Å². The van der Waals surface area contributed by atoms with E-state index in [2.05, 4.69) is 20.6 Å². The van der Waals surface area contributed by atoms with Crippen LogP contribution in [0.5, 0.6) is 0 Å². The molecule has 0 fully saturated rings. The number of aromatic nitrogens is 2. The number of hydrogen-bond donors (Lipinski definition) is 2. The molecule has 0 aliphatic rings. The summed E-state index contributed by atoms with van der Waals surface area (Å²) in [6.45, 7) is 5.46. The molecule has 4 aromatic rings. The van der Waals surface area contributed by atoms with Gasteiger partial charge in [-0.3, -0.25) is 30.2 Å². The number of non-ortho nitro benzene ring substituents is 2. The lowest BCUT2D eigenvalue weighted by Crippen LogP contribution is -2.04. The number of benzene rings is 2. The third kappa shape index (κ3) is 8.37. The van der Waals surface area contributed by atoms with E-state index in [-0.39, 0.29) is 36.2 Å². The summed E-state index contributed by atoms with van der Waals surface area (Å²) in [5.74, 6) is 0. The monoisotopic (exact) mass is 588 g/mol. The second-order valence-electron chi connectivity index (χ2n) is 9.51. The number of nitro benzene ring substituents is 2. The van der Waals surface area contributed by atoms with Crippen LogP contribution in [0.1, 0.15) is 49.9 Å². The van der Waals surface area contributed by atoms with E-state index >= 15 is 0 Å². The average molecular weight is 590 g/mol. The molecule has 0 unspecified atom stereocenters. The van der Waals surface area contributed by atoms with Crippen molar-refractivity contribution < 1.29 is 9.85 Å². The van der Waals surface area contributed by atoms with Gasteiger partial charge in [0.05, 0.1) is 20.9 Å². The lowest BCUT2D eigenvalue weighted by Gasteiger charge is -2.11. The van der Waals surface area contributed by atoms with Crippen LogP contribution in [0.4, 0.5) is 22.7 Å². The van der Waals surface area contributed by atoms with Crippen molar-refractivity contribution in [3.63, 3.8) is 0 Å². The van der Waals surface area contributed by atoms with E-state index in [9.17, 15) is 20.2 Å². The Morgan fingerprint density at radius 2 is 1.00 bits per heavy atom. The van der Waals surface area contributed by atoms with Gasteiger partial charge >= 0.3 is 0 Å². The van der Waals surface area contributed by atoms with Crippen LogP contribution in [0.3, 0.4) is 0 Å². The summed E-state index contributed by atoms with van der Waals surface area (Å²) >= 11 is 0. The summed E-state index contributed by atoms with van der Waals surface area (Å²) in [4.78, 5) is 30.2. The van der Waals surface area contributed by atoms with E-state index < -0.39 is 9.85 Å². The van der Waals surface area contributed by atoms with Crippen LogP contribution in [0.15, 0.2) is 48.5 Å². The molecular formula is C28H34Cl2N6O4. The maximum Gasteiger partial charge on any atom is 0.271 e. The van der Waals surface area contributed by atoms with Gasteiger partial charge in [0.2, 0.25) is 0 Å². The zero-order chi connectivity index (χ0) is 27.1. The van der Waals surface area contributed by atoms with Crippen LogP contribution in [-0.4, -0.2) is 32.9 Å². The molecule has 0 aliphatic carbocycles. The minimum absolute atomic E-state index is 0. The molecule has 12 heteroatoms. The second kappa shape index (κ2) is 15.1. The molecule has 0 amide bonds. The van der Waals surface area contributed by atoms with Gasteiger partial charge in [0.1, 0.15) is 0 Å². The van der Waals surface area contributed by atoms with Gasteiger partial charge in [-0.1, -0.05) is 25.7 Å². The fourth-order valence-corrected chi connectivity index (χ4v) is 4.62. The summed E-state index contributed by atoms with van der Waals surface area (Å²) in [6, 6.07) is 13.6. The normalized spacial score (nSPS) is 10.6. The molecule has 0 bridgehead atoms. The lowest BCUT2D eigenvalue weighted by molar-refractivity contribution is -0.384. The smallest absolute Gasteiger partial charge is 0.271 e. The Labute approximate surface area is 245 Å². The molecule has 2 aromatic heterocycles. The number of unbranched alkanes of at least 4 members (excludes halogenated alkanes) is 5. The number of anilines is 2. The van der Waals surface area contributed by atoms with Crippen molar-refractivity contribution in [2.24, 2.45) is 0 Å². The number of nitrogens with one attached hydrogen (secondary N) is 2. The van der Waals surface area contributed by atoms with Gasteiger partial charge in [0, 0.05) is 70.9 Å². The van der Waals surface area contributed by atoms with Crippen molar-refractivity contribution in [1.29, 1.82) is 0 Å². The maximum absolute atomic E-state index is 11.1. The number of hydrogen-bond acceptors (Lipinski definition) is 8. The Kier molecular flexibility index (Phi) is 12.3. The summed E-state index contributed by atoms with van der Waals surface area (Å²) in [5.41, 5.74) is 4.93. The Hall–Kier alpha value is -3.76. The van der Waals surface area contributed by atoms with Crippen LogP contribution in [0.25, 0.3) is 21.8 Å². The third-order valence-corrected chi connectivity index (χ3v) is 6.50. The fourth-order valence-electron chi connectivity index (χ4n) is 4.62. The van der Waals surface area contributed by atoms with Crippen molar-refractivity contribution in [2.75, 3.05) is 23.7 Å². The molecule has 10 nitrogen and oxygen atoms in total. The van der Waals surface area contributed by atoms with Gasteiger partial charge in [-0.2, -0.15) is 0 Å². The molecule has 2 N–H and O–H groups in total. The van der Waals surface area contributed by atoms with Gasteiger partial charge in [0.15, 0.2) is 0 Å². The van der Waals surface area contributed by atoms with Gasteiger partial charge in [-0.25, -0.2) is 0 Å². The minimum Gasteiger partial charge on any atom is -0.384 e. The van der Waals surface area contributed by atoms with E-state index in [0.717, 1.165) is 85.1 Å². The van der Waals surface area contributed by atoms with Gasteiger partial charge in [-0.15, -0.1) is 24.8 Å². The lowest BCUT2D eigenvalue weighted by atomic mass is 10.1. The van der Waals surface area contributed by atoms with Crippen LogP contribution in [0, 0.1) is 34.1 Å². The van der Waals surface area contributed by atoms with Gasteiger partial charge < -0.3 is 10.6 Å². The zero-order valence-corrected chi connectivity index (χ0v) is 24.1. The molecule has 214 valence electrons. The molecule has 0 aliphatic heterocycles. The van der Waals surface area contributed by atoms with E-state index in [1.165, 1.54) is 24.3 Å². The number of nitro groups is 2. The predicted molar refractivity (Wildman–Crippen MR) is 165 cm³/mol. The van der Waals surface area contributed by atoms with Crippen molar-refractivity contribution in [1.82, 2.24) is 9.97 Å². The third-order valence-electron chi connectivity index (χ3n) is 6.50. The van der Waals surface area contributed by atoms with Gasteiger partial charge in [0.25, 0.3) is 11.4 Å². The van der Waals surface area contributed by atoms with Crippen molar-refractivity contribution in [3.05, 3.63) is 80.1 Å². The number of pyridine rings is 2. The molecule has 0 saturated carbocycles. The largest absolute Gasteiger partial charge is 0.384 e. The molecule has 0 radical (unpaired) electrons. The number of aryl methyl sites for hydroxylation is 2. The summed E-state index contributed by atoms with van der Waals surface area (Å²) in [6.07, 6.45) is 6.66. The Balaban J connectivity index is 0.00000280. The number of nitrogens with zero attached hydrogens (tertiary/aromatic N) is 4. The number of fused-ring (bicyclic) bond motifs is 2. The zero-order valence-electron chi connectivity index (χ0n) is 22.5. The highest BCUT2D eigenvalue weighted by Crippen LogP contribution is 2.28. The van der Waals surface area contributed by atoms with E-state index in [1.54, 1.807) is 12.1 Å². The first-order chi connectivity index (χ1) is 18.3. The van der Waals surface area contributed by atoms with E-state index in [4.69, 9.17) is 0 Å². The molecule has 0 saturated heterocycles. The second-order valence-corrected chi connectivity index (χ2v) is 9.51. The van der Waals surface area contributed by atoms with Crippen LogP contribution in [-0.2, 0) is 0 Å². The van der Waals surface area contributed by atoms with Crippen molar-refractivity contribution in [2.45, 2.75) is 52.4 Å². The van der Waals surface area contributed by atoms with Crippen LogP contribution >= 0.6 is 24.8 Å². The molecule has 0 spiro atoms. The molecule has 0 atom stereocenters.